The summed E-state index contributed by atoms with van der Waals surface area (Å²) >= 11 is 0. The molecule has 4 atom stereocenters. The summed E-state index contributed by atoms with van der Waals surface area (Å²) in [5.41, 5.74) is 0.432. The Bertz CT molecular complexity index is 395. The van der Waals surface area contributed by atoms with E-state index in [9.17, 15) is 9.90 Å². The summed E-state index contributed by atoms with van der Waals surface area (Å²) in [4.78, 5) is 11.3. The molecule has 3 aliphatic carbocycles. The van der Waals surface area contributed by atoms with Gasteiger partial charge < -0.3 is 9.84 Å². The van der Waals surface area contributed by atoms with Crippen molar-refractivity contribution in [3.8, 4) is 0 Å². The predicted octanol–water partition coefficient (Wildman–Crippen LogP) is 3.07. The van der Waals surface area contributed by atoms with Crippen molar-refractivity contribution in [2.24, 2.45) is 17.3 Å². The molecule has 3 nitrogen and oxygen atoms in total. The molecular formula is C16H26O3. The van der Waals surface area contributed by atoms with Gasteiger partial charge in [0, 0.05) is 5.57 Å². The van der Waals surface area contributed by atoms with Gasteiger partial charge in [-0.1, -0.05) is 13.0 Å². The number of fused-ring (bicyclic) bond motifs is 2. The second kappa shape index (κ2) is 4.93. The van der Waals surface area contributed by atoms with Gasteiger partial charge >= 0.3 is 5.97 Å². The highest BCUT2D eigenvalue weighted by atomic mass is 16.5. The molecule has 0 aromatic rings. The van der Waals surface area contributed by atoms with E-state index < -0.39 is 5.60 Å². The molecular weight excluding hydrogens is 240 g/mol. The van der Waals surface area contributed by atoms with E-state index in [-0.39, 0.29) is 11.4 Å². The van der Waals surface area contributed by atoms with Crippen LogP contribution in [0.2, 0.25) is 0 Å². The number of allylic oxidation sites excluding steroid dienone is 1. The summed E-state index contributed by atoms with van der Waals surface area (Å²) in [5.74, 6) is 0.932. The molecule has 3 heteroatoms. The zero-order chi connectivity index (χ0) is 14.3. The van der Waals surface area contributed by atoms with Crippen molar-refractivity contribution >= 4 is 5.97 Å². The Kier molecular flexibility index (Phi) is 3.78. The van der Waals surface area contributed by atoms with Crippen molar-refractivity contribution in [2.75, 3.05) is 7.11 Å². The number of aliphatic hydroxyl groups is 1. The van der Waals surface area contributed by atoms with Gasteiger partial charge in [-0.05, 0) is 63.2 Å². The van der Waals surface area contributed by atoms with Gasteiger partial charge in [0.25, 0.3) is 0 Å². The first-order chi connectivity index (χ1) is 8.81. The Morgan fingerprint density at radius 2 is 2.16 bits per heavy atom. The molecule has 0 aromatic heterocycles. The highest BCUT2D eigenvalue weighted by Crippen LogP contribution is 2.64. The molecule has 108 valence electrons. The third kappa shape index (κ3) is 2.45. The molecule has 0 unspecified atom stereocenters. The SMILES string of the molecule is COC(=O)/C(C)=C/CC[C@@]1(C)[C@H]2CC[C@@](C)(O)[C@@H]1C2. The number of methoxy groups -OCH3 is 1. The zero-order valence-corrected chi connectivity index (χ0v) is 12.5. The van der Waals surface area contributed by atoms with Gasteiger partial charge in [-0.3, -0.25) is 0 Å². The summed E-state index contributed by atoms with van der Waals surface area (Å²) in [6, 6.07) is 0. The first kappa shape index (κ1) is 14.6. The van der Waals surface area contributed by atoms with E-state index in [1.54, 1.807) is 6.92 Å². The Hall–Kier alpha value is -0.830. The molecule has 3 saturated carbocycles. The Balaban J connectivity index is 1.95. The third-order valence-electron chi connectivity index (χ3n) is 5.64. The largest absolute Gasteiger partial charge is 0.466 e. The lowest BCUT2D eigenvalue weighted by atomic mass is 9.42. The normalized spacial score (nSPS) is 41.6. The van der Waals surface area contributed by atoms with Gasteiger partial charge in [0.1, 0.15) is 0 Å². The lowest BCUT2D eigenvalue weighted by Crippen LogP contribution is -2.61. The van der Waals surface area contributed by atoms with Crippen LogP contribution >= 0.6 is 0 Å². The second-order valence-corrected chi connectivity index (χ2v) is 6.80. The van der Waals surface area contributed by atoms with Crippen LogP contribution in [0.3, 0.4) is 0 Å². The standard InChI is InChI=1S/C16H26O3/c1-11(14(17)19-4)6-5-8-15(2)12-7-9-16(3,18)13(15)10-12/h6,12-13,18H,5,7-10H2,1-4H3/b11-6+/t12-,13+,15-,16+/m0/s1. The van der Waals surface area contributed by atoms with Gasteiger partial charge in [0.15, 0.2) is 0 Å². The number of rotatable bonds is 4. The molecule has 3 rings (SSSR count). The summed E-state index contributed by atoms with van der Waals surface area (Å²) in [6.45, 7) is 6.09. The molecule has 0 radical (unpaired) electrons. The topological polar surface area (TPSA) is 46.5 Å². The molecule has 1 N–H and O–H groups in total. The number of carbonyl (C=O) groups is 1. The first-order valence-corrected chi connectivity index (χ1v) is 7.28. The molecule has 3 fully saturated rings. The Morgan fingerprint density at radius 1 is 1.47 bits per heavy atom. The number of hydrogen-bond donors (Lipinski definition) is 1. The predicted molar refractivity (Wildman–Crippen MR) is 74.6 cm³/mol. The van der Waals surface area contributed by atoms with E-state index in [1.807, 2.05) is 13.0 Å². The van der Waals surface area contributed by atoms with Gasteiger partial charge in [-0.2, -0.15) is 0 Å². The fourth-order valence-electron chi connectivity index (χ4n) is 4.22. The van der Waals surface area contributed by atoms with Crippen molar-refractivity contribution in [1.29, 1.82) is 0 Å². The summed E-state index contributed by atoms with van der Waals surface area (Å²) < 4.78 is 4.70. The van der Waals surface area contributed by atoms with Crippen LogP contribution in [0.15, 0.2) is 11.6 Å². The van der Waals surface area contributed by atoms with Crippen LogP contribution in [-0.2, 0) is 9.53 Å². The zero-order valence-electron chi connectivity index (χ0n) is 12.5. The van der Waals surface area contributed by atoms with Crippen LogP contribution in [0.25, 0.3) is 0 Å². The molecule has 0 aliphatic heterocycles. The van der Waals surface area contributed by atoms with E-state index >= 15 is 0 Å². The van der Waals surface area contributed by atoms with Gasteiger partial charge in [-0.15, -0.1) is 0 Å². The third-order valence-corrected chi connectivity index (χ3v) is 5.64. The highest BCUT2D eigenvalue weighted by Gasteiger charge is 2.60. The van der Waals surface area contributed by atoms with Crippen LogP contribution < -0.4 is 0 Å². The summed E-state index contributed by atoms with van der Waals surface area (Å²) in [7, 11) is 1.41. The molecule has 0 heterocycles. The van der Waals surface area contributed by atoms with Crippen molar-refractivity contribution in [1.82, 2.24) is 0 Å². The fraction of sp³-hybridized carbons (Fsp3) is 0.812. The molecule has 0 amide bonds. The molecule has 0 aromatic carbocycles. The van der Waals surface area contributed by atoms with Crippen molar-refractivity contribution in [3.05, 3.63) is 11.6 Å². The van der Waals surface area contributed by atoms with Crippen LogP contribution in [0.1, 0.15) is 52.9 Å². The van der Waals surface area contributed by atoms with Crippen molar-refractivity contribution in [2.45, 2.75) is 58.5 Å². The number of hydrogen-bond acceptors (Lipinski definition) is 3. The van der Waals surface area contributed by atoms with Crippen molar-refractivity contribution in [3.63, 3.8) is 0 Å². The number of esters is 1. The molecule has 0 saturated heterocycles. The minimum Gasteiger partial charge on any atom is -0.466 e. The molecule has 0 spiro atoms. The van der Waals surface area contributed by atoms with Crippen LogP contribution in [0.4, 0.5) is 0 Å². The minimum absolute atomic E-state index is 0.244. The van der Waals surface area contributed by atoms with E-state index in [2.05, 4.69) is 6.92 Å². The van der Waals surface area contributed by atoms with Gasteiger partial charge in [0.2, 0.25) is 0 Å². The van der Waals surface area contributed by atoms with Crippen molar-refractivity contribution < 1.29 is 14.6 Å². The summed E-state index contributed by atoms with van der Waals surface area (Å²) in [6.07, 6.45) is 7.16. The molecule has 19 heavy (non-hydrogen) atoms. The maximum absolute atomic E-state index is 11.3. The van der Waals surface area contributed by atoms with Gasteiger partial charge in [-0.25, -0.2) is 4.79 Å². The lowest BCUT2D eigenvalue weighted by molar-refractivity contribution is -0.203. The number of carbonyl (C=O) groups excluding carboxylic acids is 1. The molecule has 2 bridgehead atoms. The smallest absolute Gasteiger partial charge is 0.333 e. The average molecular weight is 266 g/mol. The van der Waals surface area contributed by atoms with E-state index in [0.29, 0.717) is 11.5 Å². The van der Waals surface area contributed by atoms with E-state index in [0.717, 1.165) is 31.6 Å². The minimum atomic E-state index is -0.495. The van der Waals surface area contributed by atoms with E-state index in [1.165, 1.54) is 13.5 Å². The van der Waals surface area contributed by atoms with Gasteiger partial charge in [0.05, 0.1) is 12.7 Å². The number of ether oxygens (including phenoxy) is 1. The van der Waals surface area contributed by atoms with E-state index in [4.69, 9.17) is 4.74 Å². The first-order valence-electron chi connectivity index (χ1n) is 7.28. The quantitative estimate of drug-likeness (QED) is 0.628. The summed E-state index contributed by atoms with van der Waals surface area (Å²) in [5, 5.41) is 10.5. The molecule has 3 aliphatic rings. The maximum Gasteiger partial charge on any atom is 0.333 e. The maximum atomic E-state index is 11.3. The van der Waals surface area contributed by atoms with Crippen LogP contribution in [0.5, 0.6) is 0 Å². The Labute approximate surface area is 116 Å². The monoisotopic (exact) mass is 266 g/mol. The van der Waals surface area contributed by atoms with Crippen LogP contribution in [0, 0.1) is 17.3 Å². The second-order valence-electron chi connectivity index (χ2n) is 6.80. The Morgan fingerprint density at radius 3 is 2.68 bits per heavy atom. The lowest BCUT2D eigenvalue weighted by Gasteiger charge is -2.64. The average Bonchev–Trinajstić information content (AvgIpc) is 2.35. The van der Waals surface area contributed by atoms with Crippen LogP contribution in [-0.4, -0.2) is 23.8 Å². The highest BCUT2D eigenvalue weighted by molar-refractivity contribution is 5.87. The fourth-order valence-corrected chi connectivity index (χ4v) is 4.22.